The maximum atomic E-state index is 12.6. The molecular formula is C28H28N2O4. The summed E-state index contributed by atoms with van der Waals surface area (Å²) in [7, 11) is 1.59. The molecule has 0 unspecified atom stereocenters. The highest BCUT2D eigenvalue weighted by Gasteiger charge is 2.21. The molecule has 1 heterocycles. The molecule has 0 aromatic heterocycles. The lowest BCUT2D eigenvalue weighted by Crippen LogP contribution is -2.50. The summed E-state index contributed by atoms with van der Waals surface area (Å²) in [5, 5.41) is 0. The monoisotopic (exact) mass is 456 g/mol. The maximum Gasteiger partial charge on any atom is 0.260 e. The van der Waals surface area contributed by atoms with Gasteiger partial charge >= 0.3 is 0 Å². The molecule has 0 bridgehead atoms. The van der Waals surface area contributed by atoms with Crippen LogP contribution in [-0.2, 0) is 4.79 Å². The van der Waals surface area contributed by atoms with Crippen molar-refractivity contribution in [1.29, 1.82) is 0 Å². The van der Waals surface area contributed by atoms with Crippen LogP contribution in [0.1, 0.15) is 15.9 Å². The average molecular weight is 457 g/mol. The second-order valence-electron chi connectivity index (χ2n) is 7.99. The fourth-order valence-electron chi connectivity index (χ4n) is 3.79. The summed E-state index contributed by atoms with van der Waals surface area (Å²) in [5.41, 5.74) is 2.66. The van der Waals surface area contributed by atoms with E-state index in [1.807, 2.05) is 35.2 Å². The van der Waals surface area contributed by atoms with E-state index in [0.29, 0.717) is 30.2 Å². The van der Waals surface area contributed by atoms with Gasteiger partial charge in [0.1, 0.15) is 11.5 Å². The number of para-hydroxylation sites is 1. The Kier molecular flexibility index (Phi) is 7.60. The third-order valence-electron chi connectivity index (χ3n) is 5.80. The molecule has 0 N–H and O–H groups in total. The lowest BCUT2D eigenvalue weighted by molar-refractivity contribution is -0.133. The van der Waals surface area contributed by atoms with Gasteiger partial charge in [0.2, 0.25) is 0 Å². The normalized spacial score (nSPS) is 13.7. The number of carbonyl (C=O) groups excluding carboxylic acids is 2. The van der Waals surface area contributed by atoms with Crippen LogP contribution in [0.5, 0.6) is 11.5 Å². The summed E-state index contributed by atoms with van der Waals surface area (Å²) in [6.45, 7) is 3.00. The SMILES string of the molecule is COc1ccc(C(=O)/C=C/c2ccc(OCC(=O)N3CCN(c4ccccc4)CC3)cc2)cc1. The fourth-order valence-corrected chi connectivity index (χ4v) is 3.79. The Hall–Kier alpha value is -4.06. The lowest BCUT2D eigenvalue weighted by atomic mass is 10.1. The van der Waals surface area contributed by atoms with Crippen LogP contribution in [0.15, 0.2) is 84.9 Å². The highest BCUT2D eigenvalue weighted by atomic mass is 16.5. The van der Waals surface area contributed by atoms with Gasteiger partial charge < -0.3 is 19.3 Å². The standard InChI is InChI=1S/C28H28N2O4/c1-33-25-14-10-23(11-15-25)27(31)16-9-22-7-12-26(13-8-22)34-21-28(32)30-19-17-29(18-20-30)24-5-3-2-4-6-24/h2-16H,17-21H2,1H3/b16-9+. The molecule has 0 spiro atoms. The molecule has 34 heavy (non-hydrogen) atoms. The summed E-state index contributed by atoms with van der Waals surface area (Å²) < 4.78 is 10.8. The van der Waals surface area contributed by atoms with Crippen molar-refractivity contribution in [2.24, 2.45) is 0 Å². The number of ketones is 1. The largest absolute Gasteiger partial charge is 0.497 e. The highest BCUT2D eigenvalue weighted by Crippen LogP contribution is 2.17. The molecule has 6 nitrogen and oxygen atoms in total. The van der Waals surface area contributed by atoms with Gasteiger partial charge in [-0.05, 0) is 60.2 Å². The van der Waals surface area contributed by atoms with E-state index < -0.39 is 0 Å². The minimum Gasteiger partial charge on any atom is -0.497 e. The molecule has 0 radical (unpaired) electrons. The molecule has 6 heteroatoms. The summed E-state index contributed by atoms with van der Waals surface area (Å²) in [5.74, 6) is 1.24. The van der Waals surface area contributed by atoms with Crippen molar-refractivity contribution in [2.75, 3.05) is 44.8 Å². The van der Waals surface area contributed by atoms with Gasteiger partial charge in [-0.1, -0.05) is 36.4 Å². The van der Waals surface area contributed by atoms with Crippen molar-refractivity contribution in [3.63, 3.8) is 0 Å². The number of nitrogens with zero attached hydrogens (tertiary/aromatic N) is 2. The Morgan fingerprint density at radius 2 is 1.47 bits per heavy atom. The van der Waals surface area contributed by atoms with Crippen molar-refractivity contribution >= 4 is 23.5 Å². The number of methoxy groups -OCH3 is 1. The first kappa shape index (κ1) is 23.1. The second-order valence-corrected chi connectivity index (χ2v) is 7.99. The molecule has 0 atom stereocenters. The predicted octanol–water partition coefficient (Wildman–Crippen LogP) is 4.32. The number of carbonyl (C=O) groups is 2. The summed E-state index contributed by atoms with van der Waals surface area (Å²) in [6.07, 6.45) is 3.30. The van der Waals surface area contributed by atoms with E-state index in [9.17, 15) is 9.59 Å². The van der Waals surface area contributed by atoms with E-state index in [1.165, 1.54) is 11.8 Å². The minimum absolute atomic E-state index is 0.0104. The smallest absolute Gasteiger partial charge is 0.260 e. The van der Waals surface area contributed by atoms with Gasteiger partial charge in [-0.2, -0.15) is 0 Å². The van der Waals surface area contributed by atoms with Gasteiger partial charge in [-0.3, -0.25) is 9.59 Å². The van der Waals surface area contributed by atoms with Gasteiger partial charge in [-0.25, -0.2) is 0 Å². The number of ether oxygens (including phenoxy) is 2. The van der Waals surface area contributed by atoms with Crippen LogP contribution in [-0.4, -0.2) is 56.5 Å². The molecule has 3 aromatic carbocycles. The molecule has 4 rings (SSSR count). The third kappa shape index (κ3) is 6.04. The molecule has 1 amide bonds. The number of piperazine rings is 1. The molecule has 174 valence electrons. The van der Waals surface area contributed by atoms with Crippen LogP contribution in [0.4, 0.5) is 5.69 Å². The number of rotatable bonds is 8. The van der Waals surface area contributed by atoms with Crippen LogP contribution in [0.3, 0.4) is 0 Å². The first-order chi connectivity index (χ1) is 16.6. The highest BCUT2D eigenvalue weighted by molar-refractivity contribution is 6.06. The molecule has 1 saturated heterocycles. The molecule has 1 aliphatic rings. The predicted molar refractivity (Wildman–Crippen MR) is 134 cm³/mol. The van der Waals surface area contributed by atoms with Crippen molar-refractivity contribution in [1.82, 2.24) is 4.90 Å². The van der Waals surface area contributed by atoms with E-state index in [0.717, 1.165) is 18.7 Å². The molecule has 1 fully saturated rings. The number of hydrogen-bond donors (Lipinski definition) is 0. The third-order valence-corrected chi connectivity index (χ3v) is 5.80. The quantitative estimate of drug-likeness (QED) is 0.373. The molecule has 0 aliphatic carbocycles. The van der Waals surface area contributed by atoms with Gasteiger partial charge in [-0.15, -0.1) is 0 Å². The molecule has 3 aromatic rings. The first-order valence-electron chi connectivity index (χ1n) is 11.3. The summed E-state index contributed by atoms with van der Waals surface area (Å²) in [4.78, 5) is 29.0. The Labute approximate surface area is 200 Å². The van der Waals surface area contributed by atoms with E-state index in [1.54, 1.807) is 49.6 Å². The summed E-state index contributed by atoms with van der Waals surface area (Å²) >= 11 is 0. The van der Waals surface area contributed by atoms with E-state index >= 15 is 0 Å². The topological polar surface area (TPSA) is 59.1 Å². The molecule has 0 saturated carbocycles. The van der Waals surface area contributed by atoms with Crippen LogP contribution in [0.2, 0.25) is 0 Å². The number of benzene rings is 3. The number of hydrogen-bond acceptors (Lipinski definition) is 5. The Morgan fingerprint density at radius 3 is 2.12 bits per heavy atom. The summed E-state index contributed by atoms with van der Waals surface area (Å²) in [6, 6.07) is 24.6. The van der Waals surface area contributed by atoms with E-state index in [4.69, 9.17) is 9.47 Å². The zero-order valence-corrected chi connectivity index (χ0v) is 19.2. The zero-order valence-electron chi connectivity index (χ0n) is 19.2. The van der Waals surface area contributed by atoms with Crippen molar-refractivity contribution in [3.8, 4) is 11.5 Å². The van der Waals surface area contributed by atoms with Gasteiger partial charge in [0.15, 0.2) is 12.4 Å². The van der Waals surface area contributed by atoms with E-state index in [-0.39, 0.29) is 18.3 Å². The lowest BCUT2D eigenvalue weighted by Gasteiger charge is -2.36. The average Bonchev–Trinajstić information content (AvgIpc) is 2.91. The van der Waals surface area contributed by atoms with Crippen LogP contribution < -0.4 is 14.4 Å². The first-order valence-corrected chi connectivity index (χ1v) is 11.3. The van der Waals surface area contributed by atoms with Crippen molar-refractivity contribution in [2.45, 2.75) is 0 Å². The van der Waals surface area contributed by atoms with Crippen LogP contribution in [0, 0.1) is 0 Å². The van der Waals surface area contributed by atoms with Gasteiger partial charge in [0.05, 0.1) is 7.11 Å². The van der Waals surface area contributed by atoms with Crippen LogP contribution in [0.25, 0.3) is 6.08 Å². The minimum atomic E-state index is -0.0825. The molecular weight excluding hydrogens is 428 g/mol. The Morgan fingerprint density at radius 1 is 0.824 bits per heavy atom. The Balaban J connectivity index is 1.23. The number of allylic oxidation sites excluding steroid dienone is 1. The Bertz CT molecular complexity index is 1120. The van der Waals surface area contributed by atoms with Crippen molar-refractivity contribution in [3.05, 3.63) is 96.1 Å². The fraction of sp³-hybridized carbons (Fsp3) is 0.214. The van der Waals surface area contributed by atoms with Crippen molar-refractivity contribution < 1.29 is 19.1 Å². The van der Waals surface area contributed by atoms with Crippen LogP contribution >= 0.6 is 0 Å². The number of amides is 1. The van der Waals surface area contributed by atoms with Gasteiger partial charge in [0, 0.05) is 37.4 Å². The van der Waals surface area contributed by atoms with Gasteiger partial charge in [0.25, 0.3) is 5.91 Å². The van der Waals surface area contributed by atoms with E-state index in [2.05, 4.69) is 17.0 Å². The second kappa shape index (κ2) is 11.2. The molecule has 1 aliphatic heterocycles. The zero-order chi connectivity index (χ0) is 23.8. The maximum absolute atomic E-state index is 12.6. The number of anilines is 1.